The predicted octanol–water partition coefficient (Wildman–Crippen LogP) is 0.924. The van der Waals surface area contributed by atoms with E-state index in [4.69, 9.17) is 23.8 Å². The summed E-state index contributed by atoms with van der Waals surface area (Å²) in [6, 6.07) is 6.93. The van der Waals surface area contributed by atoms with Crippen molar-refractivity contribution in [2.45, 2.75) is 13.3 Å². The Labute approximate surface area is 115 Å². The summed E-state index contributed by atoms with van der Waals surface area (Å²) in [5, 5.41) is 2.98. The predicted molar refractivity (Wildman–Crippen MR) is 72.8 cm³/mol. The van der Waals surface area contributed by atoms with Crippen molar-refractivity contribution in [3.8, 4) is 0 Å². The van der Waals surface area contributed by atoms with Gasteiger partial charge in [0.15, 0.2) is 5.11 Å². The van der Waals surface area contributed by atoms with Crippen LogP contribution in [0.1, 0.15) is 12.5 Å². The number of hydrogen-bond donors (Lipinski definition) is 3. The molecule has 96 valence electrons. The van der Waals surface area contributed by atoms with Crippen LogP contribution in [-0.2, 0) is 16.0 Å². The lowest BCUT2D eigenvalue weighted by molar-refractivity contribution is -0.121. The van der Waals surface area contributed by atoms with Crippen LogP contribution < -0.4 is 16.2 Å². The summed E-state index contributed by atoms with van der Waals surface area (Å²) in [6.45, 7) is 1.32. The molecule has 0 aliphatic rings. The zero-order valence-electron chi connectivity index (χ0n) is 9.62. The number of benzene rings is 1. The maximum absolute atomic E-state index is 11.5. The van der Waals surface area contributed by atoms with E-state index in [1.54, 1.807) is 24.3 Å². The lowest BCUT2D eigenvalue weighted by atomic mass is 10.1. The van der Waals surface area contributed by atoms with Crippen molar-refractivity contribution >= 4 is 40.7 Å². The fraction of sp³-hybridized carbons (Fsp3) is 0.182. The third kappa shape index (κ3) is 5.60. The number of hydrogen-bond acceptors (Lipinski definition) is 3. The molecule has 1 rings (SSSR count). The Kier molecular flexibility index (Phi) is 5.54. The van der Waals surface area contributed by atoms with Gasteiger partial charge in [-0.15, -0.1) is 0 Å². The molecule has 0 atom stereocenters. The average molecular weight is 286 g/mol. The third-order valence-electron chi connectivity index (χ3n) is 1.88. The SMILES string of the molecule is CC(=O)NC(=S)NNC(=O)Cc1ccc(Cl)cc1. The van der Waals surface area contributed by atoms with Gasteiger partial charge < -0.3 is 5.32 Å². The highest BCUT2D eigenvalue weighted by Gasteiger charge is 2.04. The van der Waals surface area contributed by atoms with E-state index in [-0.39, 0.29) is 23.3 Å². The Bertz CT molecular complexity index is 462. The minimum absolute atomic E-state index is 0.0481. The maximum atomic E-state index is 11.5. The lowest BCUT2D eigenvalue weighted by Gasteiger charge is -2.09. The van der Waals surface area contributed by atoms with Gasteiger partial charge in [-0.05, 0) is 29.9 Å². The molecule has 0 bridgehead atoms. The number of carbonyl (C=O) groups excluding carboxylic acids is 2. The topological polar surface area (TPSA) is 70.2 Å². The molecular weight excluding hydrogens is 274 g/mol. The largest absolute Gasteiger partial charge is 0.302 e. The lowest BCUT2D eigenvalue weighted by Crippen LogP contribution is -2.48. The van der Waals surface area contributed by atoms with E-state index in [0.717, 1.165) is 5.56 Å². The van der Waals surface area contributed by atoms with Gasteiger partial charge in [0.2, 0.25) is 11.8 Å². The summed E-state index contributed by atoms with van der Waals surface area (Å²) in [5.41, 5.74) is 5.62. The number of amides is 2. The van der Waals surface area contributed by atoms with Crippen LogP contribution in [0.2, 0.25) is 5.02 Å². The molecule has 18 heavy (non-hydrogen) atoms. The van der Waals surface area contributed by atoms with E-state index >= 15 is 0 Å². The summed E-state index contributed by atoms with van der Waals surface area (Å²) < 4.78 is 0. The maximum Gasteiger partial charge on any atom is 0.242 e. The summed E-state index contributed by atoms with van der Waals surface area (Å²) in [5.74, 6) is -0.579. The molecule has 0 fully saturated rings. The summed E-state index contributed by atoms with van der Waals surface area (Å²) in [6.07, 6.45) is 0.187. The van der Waals surface area contributed by atoms with Crippen LogP contribution in [-0.4, -0.2) is 16.9 Å². The van der Waals surface area contributed by atoms with Gasteiger partial charge in [0.1, 0.15) is 0 Å². The van der Waals surface area contributed by atoms with Crippen LogP contribution in [0.15, 0.2) is 24.3 Å². The van der Waals surface area contributed by atoms with Crippen LogP contribution in [0.25, 0.3) is 0 Å². The zero-order valence-corrected chi connectivity index (χ0v) is 11.2. The number of halogens is 1. The Morgan fingerprint density at radius 1 is 1.22 bits per heavy atom. The molecule has 1 aromatic carbocycles. The summed E-state index contributed by atoms with van der Waals surface area (Å²) >= 11 is 10.5. The van der Waals surface area contributed by atoms with Gasteiger partial charge in [-0.2, -0.15) is 0 Å². The van der Waals surface area contributed by atoms with E-state index in [2.05, 4.69) is 16.2 Å². The van der Waals surface area contributed by atoms with Crippen molar-refractivity contribution in [1.29, 1.82) is 0 Å². The van der Waals surface area contributed by atoms with E-state index < -0.39 is 0 Å². The fourth-order valence-corrected chi connectivity index (χ4v) is 1.47. The third-order valence-corrected chi connectivity index (χ3v) is 2.34. The molecule has 0 aromatic heterocycles. The highest BCUT2D eigenvalue weighted by atomic mass is 35.5. The van der Waals surface area contributed by atoms with Gasteiger partial charge in [-0.1, -0.05) is 23.7 Å². The monoisotopic (exact) mass is 285 g/mol. The number of thiocarbonyl (C=S) groups is 1. The van der Waals surface area contributed by atoms with E-state index in [9.17, 15) is 9.59 Å². The molecule has 7 heteroatoms. The van der Waals surface area contributed by atoms with Gasteiger partial charge in [0, 0.05) is 11.9 Å². The van der Waals surface area contributed by atoms with Gasteiger partial charge in [-0.25, -0.2) is 0 Å². The van der Waals surface area contributed by atoms with Crippen LogP contribution >= 0.6 is 23.8 Å². The van der Waals surface area contributed by atoms with Crippen molar-refractivity contribution in [3.63, 3.8) is 0 Å². The molecule has 0 saturated heterocycles. The number of hydrazine groups is 1. The number of rotatable bonds is 2. The molecule has 5 nitrogen and oxygen atoms in total. The number of carbonyl (C=O) groups is 2. The minimum atomic E-state index is -0.306. The van der Waals surface area contributed by atoms with E-state index in [1.165, 1.54) is 6.92 Å². The second kappa shape index (κ2) is 6.93. The van der Waals surface area contributed by atoms with Gasteiger partial charge in [0.05, 0.1) is 6.42 Å². The Morgan fingerprint density at radius 3 is 2.39 bits per heavy atom. The highest BCUT2D eigenvalue weighted by molar-refractivity contribution is 7.80. The molecule has 0 aliphatic carbocycles. The molecule has 1 aromatic rings. The van der Waals surface area contributed by atoms with Crippen LogP contribution in [0.3, 0.4) is 0 Å². The van der Waals surface area contributed by atoms with Gasteiger partial charge in [-0.3, -0.25) is 20.4 Å². The second-order valence-electron chi connectivity index (χ2n) is 3.49. The standard InChI is InChI=1S/C11H12ClN3O2S/c1-7(16)13-11(18)15-14-10(17)6-8-2-4-9(12)5-3-8/h2-5H,6H2,1H3,(H,14,17)(H2,13,15,16,18). The van der Waals surface area contributed by atoms with E-state index in [0.29, 0.717) is 5.02 Å². The normalized spacial score (nSPS) is 9.44. The van der Waals surface area contributed by atoms with Gasteiger partial charge in [0.25, 0.3) is 0 Å². The Balaban J connectivity index is 2.36. The van der Waals surface area contributed by atoms with Crippen LogP contribution in [0.4, 0.5) is 0 Å². The first-order valence-corrected chi connectivity index (χ1v) is 5.87. The van der Waals surface area contributed by atoms with Crippen molar-refractivity contribution in [2.24, 2.45) is 0 Å². The highest BCUT2D eigenvalue weighted by Crippen LogP contribution is 2.09. The zero-order chi connectivity index (χ0) is 13.5. The molecule has 0 unspecified atom stereocenters. The smallest absolute Gasteiger partial charge is 0.242 e. The molecule has 0 heterocycles. The Morgan fingerprint density at radius 2 is 1.83 bits per heavy atom. The molecule has 0 aliphatic heterocycles. The van der Waals surface area contributed by atoms with Crippen LogP contribution in [0.5, 0.6) is 0 Å². The fourth-order valence-electron chi connectivity index (χ4n) is 1.15. The van der Waals surface area contributed by atoms with Crippen molar-refractivity contribution in [1.82, 2.24) is 16.2 Å². The summed E-state index contributed by atoms with van der Waals surface area (Å²) in [7, 11) is 0. The minimum Gasteiger partial charge on any atom is -0.302 e. The van der Waals surface area contributed by atoms with Crippen molar-refractivity contribution in [2.75, 3.05) is 0 Å². The first-order valence-electron chi connectivity index (χ1n) is 5.08. The van der Waals surface area contributed by atoms with Crippen molar-refractivity contribution < 1.29 is 9.59 Å². The first-order chi connectivity index (χ1) is 8.47. The molecule has 2 amide bonds. The number of nitrogens with one attached hydrogen (secondary N) is 3. The molecule has 0 radical (unpaired) electrons. The Hall–Kier alpha value is -1.66. The second-order valence-corrected chi connectivity index (χ2v) is 4.33. The molecular formula is C11H12ClN3O2S. The molecule has 3 N–H and O–H groups in total. The average Bonchev–Trinajstić information content (AvgIpc) is 2.29. The first kappa shape index (κ1) is 14.4. The van der Waals surface area contributed by atoms with E-state index in [1.807, 2.05) is 0 Å². The van der Waals surface area contributed by atoms with Crippen molar-refractivity contribution in [3.05, 3.63) is 34.9 Å². The quantitative estimate of drug-likeness (QED) is 0.558. The summed E-state index contributed by atoms with van der Waals surface area (Å²) in [4.78, 5) is 22.2. The molecule has 0 saturated carbocycles. The molecule has 0 spiro atoms. The van der Waals surface area contributed by atoms with Crippen LogP contribution in [0, 0.1) is 0 Å². The van der Waals surface area contributed by atoms with Gasteiger partial charge >= 0.3 is 0 Å².